The van der Waals surface area contributed by atoms with Gasteiger partial charge in [0, 0.05) is 24.5 Å². The van der Waals surface area contributed by atoms with Crippen molar-refractivity contribution >= 4 is 5.91 Å². The summed E-state index contributed by atoms with van der Waals surface area (Å²) < 4.78 is 11.9. The van der Waals surface area contributed by atoms with Crippen molar-refractivity contribution in [1.29, 1.82) is 0 Å². The number of ether oxygens (including phenoxy) is 2. The van der Waals surface area contributed by atoms with Crippen LogP contribution in [0, 0.1) is 12.8 Å². The third-order valence-corrected chi connectivity index (χ3v) is 7.00. The summed E-state index contributed by atoms with van der Waals surface area (Å²) in [5.41, 5.74) is 4.23. The van der Waals surface area contributed by atoms with E-state index in [0.717, 1.165) is 51.0 Å². The molecule has 0 spiro atoms. The third-order valence-electron chi connectivity index (χ3n) is 7.00. The molecule has 25 heavy (non-hydrogen) atoms. The monoisotopic (exact) mass is 341 g/mol. The minimum atomic E-state index is 0.0656. The molecule has 1 saturated carbocycles. The van der Waals surface area contributed by atoms with Gasteiger partial charge in [0.05, 0.1) is 19.3 Å². The van der Waals surface area contributed by atoms with E-state index in [1.165, 1.54) is 23.1 Å². The lowest BCUT2D eigenvalue weighted by molar-refractivity contribution is -0.158. The first-order valence-corrected chi connectivity index (χ1v) is 9.74. The Hall–Kier alpha value is -1.55. The van der Waals surface area contributed by atoms with Crippen LogP contribution in [-0.2, 0) is 21.4 Å². The number of piperidine rings is 1. The van der Waals surface area contributed by atoms with Gasteiger partial charge in [-0.15, -0.1) is 0 Å². The SMILES string of the molecule is COc1cc(C)c2c(c1)[C@@]13CCCO[C@H]1[C@@H](C2)N(C(=O)C1CC1)CC3. The summed E-state index contributed by atoms with van der Waals surface area (Å²) in [5.74, 6) is 1.61. The molecule has 134 valence electrons. The zero-order valence-corrected chi connectivity index (χ0v) is 15.2. The molecular weight excluding hydrogens is 314 g/mol. The smallest absolute Gasteiger partial charge is 0.226 e. The number of likely N-dealkylation sites (tertiary alicyclic amines) is 1. The number of hydrogen-bond donors (Lipinski definition) is 0. The van der Waals surface area contributed by atoms with Crippen molar-refractivity contribution in [2.24, 2.45) is 5.92 Å². The summed E-state index contributed by atoms with van der Waals surface area (Å²) in [5, 5.41) is 0. The van der Waals surface area contributed by atoms with Crippen LogP contribution in [0.3, 0.4) is 0 Å². The summed E-state index contributed by atoms with van der Waals surface area (Å²) in [6.07, 6.45) is 6.52. The van der Waals surface area contributed by atoms with Gasteiger partial charge in [-0.2, -0.15) is 0 Å². The van der Waals surface area contributed by atoms with Crippen LogP contribution in [0.15, 0.2) is 12.1 Å². The zero-order chi connectivity index (χ0) is 17.2. The molecule has 0 N–H and O–H groups in total. The second kappa shape index (κ2) is 5.47. The van der Waals surface area contributed by atoms with Crippen LogP contribution in [0.1, 0.15) is 48.8 Å². The highest BCUT2D eigenvalue weighted by atomic mass is 16.5. The first-order chi connectivity index (χ1) is 12.1. The number of rotatable bonds is 2. The van der Waals surface area contributed by atoms with Gasteiger partial charge in [-0.3, -0.25) is 4.79 Å². The van der Waals surface area contributed by atoms with Crippen LogP contribution in [0.4, 0.5) is 0 Å². The summed E-state index contributed by atoms with van der Waals surface area (Å²) in [6.45, 7) is 3.90. The van der Waals surface area contributed by atoms with Crippen molar-refractivity contribution in [3.63, 3.8) is 0 Å². The van der Waals surface area contributed by atoms with Crippen molar-refractivity contribution in [2.75, 3.05) is 20.3 Å². The standard InChI is InChI=1S/C21H27NO3/c1-13-10-15(24-2)11-17-16(13)12-18-19-21(17,6-3-9-25-19)7-8-22(18)20(23)14-4-5-14/h10-11,14,18-19H,3-9,12H2,1-2H3/t18-,19+,21+/m1/s1. The maximum atomic E-state index is 12.9. The second-order valence-electron chi connectivity index (χ2n) is 8.35. The van der Waals surface area contributed by atoms with Crippen molar-refractivity contribution in [2.45, 2.75) is 63.0 Å². The number of carbonyl (C=O) groups excluding carboxylic acids is 1. The Morgan fingerprint density at radius 3 is 2.92 bits per heavy atom. The van der Waals surface area contributed by atoms with E-state index in [1.54, 1.807) is 7.11 Å². The van der Waals surface area contributed by atoms with E-state index in [2.05, 4.69) is 24.0 Å². The van der Waals surface area contributed by atoms with Crippen molar-refractivity contribution in [3.05, 3.63) is 28.8 Å². The van der Waals surface area contributed by atoms with Gasteiger partial charge in [-0.1, -0.05) is 0 Å². The lowest BCUT2D eigenvalue weighted by atomic mass is 9.58. The Bertz CT molecular complexity index is 726. The van der Waals surface area contributed by atoms with Gasteiger partial charge in [0.25, 0.3) is 0 Å². The predicted octanol–water partition coefficient (Wildman–Crippen LogP) is 2.99. The molecule has 1 amide bonds. The molecule has 3 atom stereocenters. The van der Waals surface area contributed by atoms with E-state index < -0.39 is 0 Å². The van der Waals surface area contributed by atoms with Crippen LogP contribution < -0.4 is 4.74 Å². The van der Waals surface area contributed by atoms with Crippen LogP contribution in [-0.4, -0.2) is 43.2 Å². The maximum Gasteiger partial charge on any atom is 0.226 e. The molecule has 2 aliphatic heterocycles. The summed E-state index contributed by atoms with van der Waals surface area (Å²) in [4.78, 5) is 15.1. The quantitative estimate of drug-likeness (QED) is 0.830. The van der Waals surface area contributed by atoms with Gasteiger partial charge in [-0.25, -0.2) is 0 Å². The number of hydrogen-bond acceptors (Lipinski definition) is 3. The summed E-state index contributed by atoms with van der Waals surface area (Å²) in [6, 6.07) is 4.60. The lowest BCUT2D eigenvalue weighted by Gasteiger charge is -2.58. The number of carbonyl (C=O) groups is 1. The summed E-state index contributed by atoms with van der Waals surface area (Å²) >= 11 is 0. The van der Waals surface area contributed by atoms with Crippen molar-refractivity contribution in [3.8, 4) is 5.75 Å². The highest BCUT2D eigenvalue weighted by Gasteiger charge is 2.57. The third kappa shape index (κ3) is 2.19. The van der Waals surface area contributed by atoms with E-state index >= 15 is 0 Å². The van der Waals surface area contributed by atoms with Crippen molar-refractivity contribution in [1.82, 2.24) is 4.90 Å². The number of fused-ring (bicyclic) bond motifs is 1. The van der Waals surface area contributed by atoms with Gasteiger partial charge < -0.3 is 14.4 Å². The van der Waals surface area contributed by atoms with Crippen LogP contribution in [0.25, 0.3) is 0 Å². The topological polar surface area (TPSA) is 38.8 Å². The fourth-order valence-corrected chi connectivity index (χ4v) is 5.60. The van der Waals surface area contributed by atoms with Crippen LogP contribution in [0.2, 0.25) is 0 Å². The number of aryl methyl sites for hydroxylation is 1. The van der Waals surface area contributed by atoms with E-state index in [4.69, 9.17) is 9.47 Å². The van der Waals surface area contributed by atoms with E-state index in [-0.39, 0.29) is 23.5 Å². The average Bonchev–Trinajstić information content (AvgIpc) is 3.47. The predicted molar refractivity (Wildman–Crippen MR) is 94.9 cm³/mol. The number of amides is 1. The molecule has 1 aromatic rings. The lowest BCUT2D eigenvalue weighted by Crippen LogP contribution is -2.66. The number of nitrogens with zero attached hydrogens (tertiary/aromatic N) is 1. The molecule has 5 rings (SSSR count). The minimum absolute atomic E-state index is 0.0656. The molecular formula is C21H27NO3. The van der Waals surface area contributed by atoms with Crippen molar-refractivity contribution < 1.29 is 14.3 Å². The minimum Gasteiger partial charge on any atom is -0.497 e. The van der Waals surface area contributed by atoms with Gasteiger partial charge in [0.2, 0.25) is 5.91 Å². The molecule has 2 bridgehead atoms. The van der Waals surface area contributed by atoms with Crippen LogP contribution in [0.5, 0.6) is 5.75 Å². The Morgan fingerprint density at radius 1 is 1.32 bits per heavy atom. The Morgan fingerprint density at radius 2 is 2.16 bits per heavy atom. The molecule has 0 radical (unpaired) electrons. The molecule has 0 unspecified atom stereocenters. The average molecular weight is 341 g/mol. The Balaban J connectivity index is 1.63. The van der Waals surface area contributed by atoms with E-state index in [9.17, 15) is 4.79 Å². The fourth-order valence-electron chi connectivity index (χ4n) is 5.60. The van der Waals surface area contributed by atoms with Gasteiger partial charge in [-0.05, 0) is 74.3 Å². The number of benzene rings is 1. The Labute approximate surface area is 149 Å². The fraction of sp³-hybridized carbons (Fsp3) is 0.667. The molecule has 4 aliphatic rings. The molecule has 1 aromatic carbocycles. The molecule has 3 fully saturated rings. The van der Waals surface area contributed by atoms with Gasteiger partial charge in [0.1, 0.15) is 5.75 Å². The molecule has 4 heteroatoms. The molecule has 2 heterocycles. The molecule has 0 aromatic heterocycles. The van der Waals surface area contributed by atoms with Gasteiger partial charge in [0.15, 0.2) is 0 Å². The second-order valence-corrected chi connectivity index (χ2v) is 8.35. The number of methoxy groups -OCH3 is 1. The first-order valence-electron chi connectivity index (χ1n) is 9.74. The Kier molecular flexibility index (Phi) is 3.43. The van der Waals surface area contributed by atoms with Gasteiger partial charge >= 0.3 is 0 Å². The maximum absolute atomic E-state index is 12.9. The highest BCUT2D eigenvalue weighted by molar-refractivity contribution is 5.82. The molecule has 4 nitrogen and oxygen atoms in total. The van der Waals surface area contributed by atoms with E-state index in [1.807, 2.05) is 0 Å². The van der Waals surface area contributed by atoms with Crippen LogP contribution >= 0.6 is 0 Å². The zero-order valence-electron chi connectivity index (χ0n) is 15.2. The molecule has 2 aliphatic carbocycles. The highest BCUT2D eigenvalue weighted by Crippen LogP contribution is 2.53. The normalized spacial score (nSPS) is 33.4. The summed E-state index contributed by atoms with van der Waals surface area (Å²) in [7, 11) is 1.75. The van der Waals surface area contributed by atoms with E-state index in [0.29, 0.717) is 5.91 Å². The largest absolute Gasteiger partial charge is 0.497 e. The molecule has 2 saturated heterocycles. The first kappa shape index (κ1) is 15.7.